The van der Waals surface area contributed by atoms with Gasteiger partial charge in [0.15, 0.2) is 10.9 Å². The summed E-state index contributed by atoms with van der Waals surface area (Å²) in [7, 11) is 0. The minimum Gasteiger partial charge on any atom is -0.461 e. The lowest BCUT2D eigenvalue weighted by Gasteiger charge is -1.99. The summed E-state index contributed by atoms with van der Waals surface area (Å²) in [5.74, 6) is 1.40. The Morgan fingerprint density at radius 3 is 3.14 bits per heavy atom. The standard InChI is InChI=1S/C13H12N4O3S/c18-10(15-13-14-6-8-21-13)4-1-5-11-16-12(17-20-11)9-3-2-7-19-9/h2-3,6-8H,1,4-5H2,(H,14,15,18). The van der Waals surface area contributed by atoms with Crippen LogP contribution in [0.25, 0.3) is 11.6 Å². The molecule has 0 aromatic carbocycles. The molecule has 8 heteroatoms. The van der Waals surface area contributed by atoms with Crippen LogP contribution in [-0.2, 0) is 11.2 Å². The minimum absolute atomic E-state index is 0.0734. The molecule has 0 radical (unpaired) electrons. The summed E-state index contributed by atoms with van der Waals surface area (Å²) in [5.41, 5.74) is 0. The number of aromatic nitrogens is 3. The average molecular weight is 304 g/mol. The summed E-state index contributed by atoms with van der Waals surface area (Å²) < 4.78 is 10.3. The van der Waals surface area contributed by atoms with Crippen molar-refractivity contribution in [3.63, 3.8) is 0 Å². The molecule has 1 N–H and O–H groups in total. The van der Waals surface area contributed by atoms with Crippen molar-refractivity contribution in [2.75, 3.05) is 5.32 Å². The van der Waals surface area contributed by atoms with E-state index in [-0.39, 0.29) is 5.91 Å². The first-order chi connectivity index (χ1) is 10.3. The Labute approximate surface area is 124 Å². The highest BCUT2D eigenvalue weighted by atomic mass is 32.1. The maximum Gasteiger partial charge on any atom is 0.238 e. The first-order valence-electron chi connectivity index (χ1n) is 6.37. The molecule has 0 aliphatic carbocycles. The summed E-state index contributed by atoms with van der Waals surface area (Å²) in [5, 5.41) is 8.97. The third-order valence-electron chi connectivity index (χ3n) is 2.68. The van der Waals surface area contributed by atoms with E-state index in [9.17, 15) is 4.79 Å². The van der Waals surface area contributed by atoms with E-state index in [0.29, 0.717) is 41.9 Å². The monoisotopic (exact) mass is 304 g/mol. The molecule has 0 aliphatic heterocycles. The average Bonchev–Trinajstić information content (AvgIpc) is 3.21. The summed E-state index contributed by atoms with van der Waals surface area (Å²) >= 11 is 1.39. The van der Waals surface area contributed by atoms with E-state index in [2.05, 4.69) is 20.4 Å². The topological polar surface area (TPSA) is 94.0 Å². The van der Waals surface area contributed by atoms with Gasteiger partial charge in [-0.1, -0.05) is 5.16 Å². The molecule has 3 rings (SSSR count). The molecule has 0 saturated heterocycles. The highest BCUT2D eigenvalue weighted by Crippen LogP contribution is 2.16. The number of carbonyl (C=O) groups is 1. The second kappa shape index (κ2) is 6.31. The van der Waals surface area contributed by atoms with Gasteiger partial charge in [-0.3, -0.25) is 4.79 Å². The molecule has 0 unspecified atom stereocenters. The molecule has 0 aliphatic rings. The van der Waals surface area contributed by atoms with Crippen molar-refractivity contribution < 1.29 is 13.7 Å². The summed E-state index contributed by atoms with van der Waals surface area (Å²) in [4.78, 5) is 19.9. The molecule has 1 amide bonds. The van der Waals surface area contributed by atoms with Gasteiger partial charge in [0.25, 0.3) is 0 Å². The highest BCUT2D eigenvalue weighted by Gasteiger charge is 2.11. The fourth-order valence-corrected chi connectivity index (χ4v) is 2.27. The molecule has 3 aromatic heterocycles. The second-order valence-corrected chi connectivity index (χ2v) is 5.12. The number of carbonyl (C=O) groups excluding carboxylic acids is 1. The Morgan fingerprint density at radius 1 is 1.43 bits per heavy atom. The van der Waals surface area contributed by atoms with E-state index in [1.807, 2.05) is 5.38 Å². The van der Waals surface area contributed by atoms with Crippen LogP contribution in [0, 0.1) is 0 Å². The lowest BCUT2D eigenvalue weighted by molar-refractivity contribution is -0.116. The highest BCUT2D eigenvalue weighted by molar-refractivity contribution is 7.13. The van der Waals surface area contributed by atoms with Crippen LogP contribution in [0.5, 0.6) is 0 Å². The van der Waals surface area contributed by atoms with Gasteiger partial charge in [0, 0.05) is 24.4 Å². The van der Waals surface area contributed by atoms with Crippen molar-refractivity contribution in [2.24, 2.45) is 0 Å². The first kappa shape index (κ1) is 13.5. The number of furan rings is 1. The first-order valence-corrected chi connectivity index (χ1v) is 7.25. The van der Waals surface area contributed by atoms with E-state index in [1.165, 1.54) is 11.3 Å². The van der Waals surface area contributed by atoms with E-state index < -0.39 is 0 Å². The van der Waals surface area contributed by atoms with Crippen LogP contribution in [0.3, 0.4) is 0 Å². The fraction of sp³-hybridized carbons (Fsp3) is 0.231. The Balaban J connectivity index is 1.46. The number of thiazole rings is 1. The number of nitrogens with zero attached hydrogens (tertiary/aromatic N) is 3. The number of nitrogens with one attached hydrogen (secondary N) is 1. The van der Waals surface area contributed by atoms with Gasteiger partial charge in [0.05, 0.1) is 6.26 Å². The zero-order chi connectivity index (χ0) is 14.5. The summed E-state index contributed by atoms with van der Waals surface area (Å²) in [6.45, 7) is 0. The Hall–Kier alpha value is -2.48. The molecule has 0 saturated carbocycles. The number of anilines is 1. The molecular weight excluding hydrogens is 292 g/mol. The van der Waals surface area contributed by atoms with E-state index >= 15 is 0 Å². The number of hydrogen-bond acceptors (Lipinski definition) is 7. The van der Waals surface area contributed by atoms with Gasteiger partial charge in [-0.2, -0.15) is 4.98 Å². The van der Waals surface area contributed by atoms with Crippen LogP contribution in [0.4, 0.5) is 5.13 Å². The predicted molar refractivity (Wildman–Crippen MR) is 75.7 cm³/mol. The van der Waals surface area contributed by atoms with Crippen molar-refractivity contribution in [3.05, 3.63) is 35.9 Å². The van der Waals surface area contributed by atoms with Gasteiger partial charge < -0.3 is 14.3 Å². The normalized spacial score (nSPS) is 10.7. The van der Waals surface area contributed by atoms with E-state index in [4.69, 9.17) is 8.94 Å². The van der Waals surface area contributed by atoms with Crippen LogP contribution in [0.2, 0.25) is 0 Å². The number of rotatable bonds is 6. The molecule has 0 atom stereocenters. The SMILES string of the molecule is O=C(CCCc1nc(-c2ccco2)no1)Nc1nccs1. The van der Waals surface area contributed by atoms with E-state index in [1.54, 1.807) is 24.6 Å². The molecule has 7 nitrogen and oxygen atoms in total. The van der Waals surface area contributed by atoms with Crippen molar-refractivity contribution in [1.29, 1.82) is 0 Å². The Morgan fingerprint density at radius 2 is 2.38 bits per heavy atom. The number of hydrogen-bond donors (Lipinski definition) is 1. The molecule has 0 bridgehead atoms. The molecule has 0 fully saturated rings. The fourth-order valence-electron chi connectivity index (χ4n) is 1.73. The Bertz CT molecular complexity index is 691. The molecule has 3 aromatic rings. The van der Waals surface area contributed by atoms with Gasteiger partial charge in [-0.15, -0.1) is 11.3 Å². The van der Waals surface area contributed by atoms with Crippen LogP contribution in [0.15, 0.2) is 38.9 Å². The van der Waals surface area contributed by atoms with Gasteiger partial charge in [-0.05, 0) is 18.6 Å². The number of aryl methyl sites for hydroxylation is 1. The minimum atomic E-state index is -0.0734. The maximum atomic E-state index is 11.7. The van der Waals surface area contributed by atoms with Crippen molar-refractivity contribution in [2.45, 2.75) is 19.3 Å². The molecular formula is C13H12N4O3S. The molecule has 3 heterocycles. The van der Waals surface area contributed by atoms with Crippen molar-refractivity contribution in [3.8, 4) is 11.6 Å². The summed E-state index contributed by atoms with van der Waals surface area (Å²) in [6.07, 6.45) is 4.73. The quantitative estimate of drug-likeness (QED) is 0.752. The molecule has 21 heavy (non-hydrogen) atoms. The lowest BCUT2D eigenvalue weighted by Crippen LogP contribution is -2.11. The van der Waals surface area contributed by atoms with Gasteiger partial charge >= 0.3 is 0 Å². The zero-order valence-electron chi connectivity index (χ0n) is 11.0. The third kappa shape index (κ3) is 3.54. The maximum absolute atomic E-state index is 11.7. The Kier molecular flexibility index (Phi) is 4.06. The van der Waals surface area contributed by atoms with Crippen LogP contribution in [-0.4, -0.2) is 21.0 Å². The van der Waals surface area contributed by atoms with Gasteiger partial charge in [-0.25, -0.2) is 4.98 Å². The lowest BCUT2D eigenvalue weighted by atomic mass is 10.2. The third-order valence-corrected chi connectivity index (χ3v) is 3.37. The largest absolute Gasteiger partial charge is 0.461 e. The van der Waals surface area contributed by atoms with Crippen LogP contribution < -0.4 is 5.32 Å². The molecule has 0 spiro atoms. The summed E-state index contributed by atoms with van der Waals surface area (Å²) in [6, 6.07) is 3.52. The van der Waals surface area contributed by atoms with Crippen molar-refractivity contribution in [1.82, 2.24) is 15.1 Å². The smallest absolute Gasteiger partial charge is 0.238 e. The van der Waals surface area contributed by atoms with Gasteiger partial charge in [0.1, 0.15) is 0 Å². The molecule has 108 valence electrons. The van der Waals surface area contributed by atoms with Crippen molar-refractivity contribution >= 4 is 22.4 Å². The predicted octanol–water partition coefficient (Wildman–Crippen LogP) is 2.75. The van der Waals surface area contributed by atoms with Crippen LogP contribution >= 0.6 is 11.3 Å². The van der Waals surface area contributed by atoms with E-state index in [0.717, 1.165) is 0 Å². The zero-order valence-corrected chi connectivity index (χ0v) is 11.8. The van der Waals surface area contributed by atoms with Gasteiger partial charge in [0.2, 0.25) is 17.6 Å². The number of amides is 1. The second-order valence-electron chi connectivity index (χ2n) is 4.23. The van der Waals surface area contributed by atoms with Crippen LogP contribution in [0.1, 0.15) is 18.7 Å².